The average molecular weight is 313 g/mol. The summed E-state index contributed by atoms with van der Waals surface area (Å²) in [5.41, 5.74) is 1.94. The number of aromatic nitrogens is 1. The van der Waals surface area contributed by atoms with Crippen molar-refractivity contribution in [2.45, 2.75) is 32.2 Å². The summed E-state index contributed by atoms with van der Waals surface area (Å²) >= 11 is 0. The monoisotopic (exact) mass is 313 g/mol. The fourth-order valence-corrected chi connectivity index (χ4v) is 3.44. The molecule has 1 aromatic heterocycles. The van der Waals surface area contributed by atoms with Gasteiger partial charge in [0, 0.05) is 32.2 Å². The van der Waals surface area contributed by atoms with E-state index < -0.39 is 0 Å². The molecule has 1 N–H and O–H groups in total. The summed E-state index contributed by atoms with van der Waals surface area (Å²) < 4.78 is 1.75. The first-order valence-electron chi connectivity index (χ1n) is 8.76. The maximum atomic E-state index is 12.4. The third-order valence-electron chi connectivity index (χ3n) is 4.83. The molecule has 0 aliphatic carbocycles. The zero-order valence-corrected chi connectivity index (χ0v) is 14.1. The third-order valence-corrected chi connectivity index (χ3v) is 4.83. The predicted octanol–water partition coefficient (Wildman–Crippen LogP) is 2.50. The quantitative estimate of drug-likeness (QED) is 0.862. The second-order valence-corrected chi connectivity index (χ2v) is 6.53. The Kier molecular flexibility index (Phi) is 5.47. The van der Waals surface area contributed by atoms with E-state index in [4.69, 9.17) is 0 Å². The molecule has 1 saturated heterocycles. The lowest BCUT2D eigenvalue weighted by molar-refractivity contribution is 0.284. The summed E-state index contributed by atoms with van der Waals surface area (Å²) in [6.45, 7) is 5.11. The van der Waals surface area contributed by atoms with Crippen LogP contribution in [0, 0.1) is 0 Å². The Morgan fingerprint density at radius 2 is 1.83 bits per heavy atom. The largest absolute Gasteiger partial charge is 0.311 e. The highest BCUT2D eigenvalue weighted by atomic mass is 16.1. The summed E-state index contributed by atoms with van der Waals surface area (Å²) in [6, 6.07) is 10.1. The second-order valence-electron chi connectivity index (χ2n) is 6.53. The van der Waals surface area contributed by atoms with Crippen molar-refractivity contribution in [1.29, 1.82) is 0 Å². The Balaban J connectivity index is 1.59. The van der Waals surface area contributed by atoms with Crippen LogP contribution in [0.1, 0.15) is 31.2 Å². The molecule has 2 aromatic rings. The van der Waals surface area contributed by atoms with Gasteiger partial charge in [0.2, 0.25) is 0 Å². The van der Waals surface area contributed by atoms with E-state index in [0.29, 0.717) is 6.54 Å². The highest BCUT2D eigenvalue weighted by Crippen LogP contribution is 2.12. The minimum absolute atomic E-state index is 0.103. The number of pyridine rings is 1. The molecule has 0 saturated carbocycles. The zero-order chi connectivity index (χ0) is 16.1. The molecule has 23 heavy (non-hydrogen) atoms. The van der Waals surface area contributed by atoms with Gasteiger partial charge in [0.1, 0.15) is 0 Å². The summed E-state index contributed by atoms with van der Waals surface area (Å²) in [7, 11) is 1.85. The van der Waals surface area contributed by atoms with Crippen LogP contribution in [0.5, 0.6) is 0 Å². The molecule has 0 bridgehead atoms. The van der Waals surface area contributed by atoms with Gasteiger partial charge in [-0.05, 0) is 43.5 Å². The van der Waals surface area contributed by atoms with E-state index in [9.17, 15) is 4.79 Å². The van der Waals surface area contributed by atoms with E-state index in [1.165, 1.54) is 38.8 Å². The van der Waals surface area contributed by atoms with Gasteiger partial charge in [-0.25, -0.2) is 0 Å². The first-order chi connectivity index (χ1) is 11.3. The Hall–Kier alpha value is -1.65. The first kappa shape index (κ1) is 16.2. The number of para-hydroxylation sites is 1. The van der Waals surface area contributed by atoms with Crippen LogP contribution in [-0.2, 0) is 13.6 Å². The van der Waals surface area contributed by atoms with Gasteiger partial charge >= 0.3 is 0 Å². The van der Waals surface area contributed by atoms with E-state index in [-0.39, 0.29) is 5.56 Å². The molecule has 0 amide bonds. The second kappa shape index (κ2) is 7.75. The van der Waals surface area contributed by atoms with Crippen LogP contribution in [-0.4, -0.2) is 35.6 Å². The fourth-order valence-electron chi connectivity index (χ4n) is 3.44. The molecule has 1 aliphatic heterocycles. The molecule has 4 nitrogen and oxygen atoms in total. The number of hydrogen-bond acceptors (Lipinski definition) is 3. The molecule has 0 unspecified atom stereocenters. The van der Waals surface area contributed by atoms with E-state index in [0.717, 1.165) is 29.6 Å². The number of fused-ring (bicyclic) bond motifs is 1. The summed E-state index contributed by atoms with van der Waals surface area (Å²) in [4.78, 5) is 15.0. The van der Waals surface area contributed by atoms with E-state index in [1.54, 1.807) is 4.57 Å². The van der Waals surface area contributed by atoms with E-state index in [1.807, 2.05) is 31.3 Å². The lowest BCUT2D eigenvalue weighted by Gasteiger charge is -2.19. The zero-order valence-electron chi connectivity index (χ0n) is 14.1. The van der Waals surface area contributed by atoms with Gasteiger partial charge in [0.25, 0.3) is 5.56 Å². The molecule has 2 heterocycles. The van der Waals surface area contributed by atoms with E-state index in [2.05, 4.69) is 16.3 Å². The Bertz CT molecular complexity index is 699. The van der Waals surface area contributed by atoms with Crippen LogP contribution < -0.4 is 10.9 Å². The average Bonchev–Trinajstić information content (AvgIpc) is 2.85. The van der Waals surface area contributed by atoms with E-state index >= 15 is 0 Å². The Labute approximate surface area is 138 Å². The number of nitrogens with zero attached hydrogens (tertiary/aromatic N) is 2. The molecule has 124 valence electrons. The summed E-state index contributed by atoms with van der Waals surface area (Å²) in [5.74, 6) is 0. The van der Waals surface area contributed by atoms with Crippen molar-refractivity contribution in [2.75, 3.05) is 26.2 Å². The summed E-state index contributed by atoms with van der Waals surface area (Å²) in [6.07, 6.45) is 5.39. The van der Waals surface area contributed by atoms with Crippen LogP contribution in [0.4, 0.5) is 0 Å². The minimum Gasteiger partial charge on any atom is -0.311 e. The van der Waals surface area contributed by atoms with Crippen LogP contribution >= 0.6 is 0 Å². The van der Waals surface area contributed by atoms with Crippen LogP contribution in [0.2, 0.25) is 0 Å². The molecule has 1 aliphatic rings. The molecule has 1 fully saturated rings. The summed E-state index contributed by atoms with van der Waals surface area (Å²) in [5, 5.41) is 4.57. The van der Waals surface area contributed by atoms with Crippen molar-refractivity contribution in [1.82, 2.24) is 14.8 Å². The SMILES string of the molecule is Cn1c(=O)c(CNCCN2CCCCCC2)cc2ccccc21. The fraction of sp³-hybridized carbons (Fsp3) is 0.526. The van der Waals surface area contributed by atoms with Crippen LogP contribution in [0.15, 0.2) is 35.1 Å². The maximum absolute atomic E-state index is 12.4. The molecular formula is C19H27N3O. The van der Waals surface area contributed by atoms with Gasteiger partial charge in [-0.2, -0.15) is 0 Å². The van der Waals surface area contributed by atoms with Crippen molar-refractivity contribution in [3.63, 3.8) is 0 Å². The maximum Gasteiger partial charge on any atom is 0.255 e. The van der Waals surface area contributed by atoms with Gasteiger partial charge < -0.3 is 14.8 Å². The van der Waals surface area contributed by atoms with Crippen LogP contribution in [0.25, 0.3) is 10.9 Å². The first-order valence-corrected chi connectivity index (χ1v) is 8.76. The predicted molar refractivity (Wildman–Crippen MR) is 95.8 cm³/mol. The van der Waals surface area contributed by atoms with Crippen molar-refractivity contribution in [2.24, 2.45) is 7.05 Å². The number of hydrogen-bond donors (Lipinski definition) is 1. The smallest absolute Gasteiger partial charge is 0.255 e. The van der Waals surface area contributed by atoms with Gasteiger partial charge in [-0.3, -0.25) is 4.79 Å². The topological polar surface area (TPSA) is 37.3 Å². The van der Waals surface area contributed by atoms with Crippen molar-refractivity contribution in [3.8, 4) is 0 Å². The van der Waals surface area contributed by atoms with Crippen molar-refractivity contribution in [3.05, 3.63) is 46.2 Å². The lowest BCUT2D eigenvalue weighted by atomic mass is 10.1. The van der Waals surface area contributed by atoms with Gasteiger partial charge in [0.15, 0.2) is 0 Å². The number of benzene rings is 1. The number of nitrogens with one attached hydrogen (secondary N) is 1. The van der Waals surface area contributed by atoms with Crippen molar-refractivity contribution < 1.29 is 0 Å². The molecule has 0 atom stereocenters. The molecule has 0 spiro atoms. The van der Waals surface area contributed by atoms with Crippen LogP contribution in [0.3, 0.4) is 0 Å². The molecule has 4 heteroatoms. The highest BCUT2D eigenvalue weighted by molar-refractivity contribution is 5.79. The Morgan fingerprint density at radius 1 is 1.09 bits per heavy atom. The normalized spacial score (nSPS) is 16.6. The number of aryl methyl sites for hydroxylation is 1. The standard InChI is InChI=1S/C19H27N3O/c1-21-18-9-5-4-8-16(18)14-17(19(21)23)15-20-10-13-22-11-6-2-3-7-12-22/h4-5,8-9,14,20H,2-3,6-7,10-13,15H2,1H3. The van der Waals surface area contributed by atoms with Gasteiger partial charge in [-0.1, -0.05) is 31.0 Å². The minimum atomic E-state index is 0.103. The molecule has 0 radical (unpaired) electrons. The highest BCUT2D eigenvalue weighted by Gasteiger charge is 2.09. The number of likely N-dealkylation sites (tertiary alicyclic amines) is 1. The van der Waals surface area contributed by atoms with Crippen molar-refractivity contribution >= 4 is 10.9 Å². The third kappa shape index (κ3) is 4.01. The lowest BCUT2D eigenvalue weighted by Crippen LogP contribution is -2.34. The van der Waals surface area contributed by atoms with Gasteiger partial charge in [0.05, 0.1) is 5.52 Å². The molecular weight excluding hydrogens is 286 g/mol. The molecule has 1 aromatic carbocycles. The Morgan fingerprint density at radius 3 is 2.61 bits per heavy atom. The molecule has 3 rings (SSSR count). The van der Waals surface area contributed by atoms with Gasteiger partial charge in [-0.15, -0.1) is 0 Å². The number of rotatable bonds is 5.